The number of hydrogen-bond acceptors (Lipinski definition) is 4. The van der Waals surface area contributed by atoms with E-state index in [1.165, 1.54) is 0 Å². The lowest BCUT2D eigenvalue weighted by molar-refractivity contribution is 0.0924. The molecule has 4 heteroatoms. The average molecular weight is 182 g/mol. The summed E-state index contributed by atoms with van der Waals surface area (Å²) in [4.78, 5) is 8.19. The molecule has 1 aromatic heterocycles. The van der Waals surface area contributed by atoms with Crippen LogP contribution in [-0.2, 0) is 11.3 Å². The molecule has 0 saturated heterocycles. The van der Waals surface area contributed by atoms with E-state index in [-0.39, 0.29) is 12.7 Å². The molecule has 0 spiro atoms. The van der Waals surface area contributed by atoms with Crippen LogP contribution in [0, 0.1) is 0 Å². The van der Waals surface area contributed by atoms with Crippen LogP contribution >= 0.6 is 0 Å². The Kier molecular flexibility index (Phi) is 3.79. The largest absolute Gasteiger partial charge is 0.392 e. The summed E-state index contributed by atoms with van der Waals surface area (Å²) in [5.74, 6) is 0.669. The molecule has 0 amide bonds. The van der Waals surface area contributed by atoms with Crippen molar-refractivity contribution in [3.05, 3.63) is 23.8 Å². The SMILES string of the molecule is CCC(OC)c1ncc(CO)cn1. The minimum atomic E-state index is -0.0484. The van der Waals surface area contributed by atoms with Gasteiger partial charge in [0.15, 0.2) is 5.82 Å². The third kappa shape index (κ3) is 2.47. The second kappa shape index (κ2) is 4.89. The Labute approximate surface area is 77.6 Å². The molecule has 1 heterocycles. The summed E-state index contributed by atoms with van der Waals surface area (Å²) in [7, 11) is 1.64. The Morgan fingerprint density at radius 2 is 2.08 bits per heavy atom. The third-order valence-corrected chi connectivity index (χ3v) is 1.85. The van der Waals surface area contributed by atoms with Crippen molar-refractivity contribution in [2.45, 2.75) is 26.1 Å². The van der Waals surface area contributed by atoms with Gasteiger partial charge in [-0.2, -0.15) is 0 Å². The van der Waals surface area contributed by atoms with Crippen molar-refractivity contribution in [1.29, 1.82) is 0 Å². The lowest BCUT2D eigenvalue weighted by atomic mass is 10.2. The normalized spacial score (nSPS) is 12.8. The van der Waals surface area contributed by atoms with E-state index in [0.717, 1.165) is 12.0 Å². The Hall–Kier alpha value is -1.00. The Morgan fingerprint density at radius 3 is 2.46 bits per heavy atom. The van der Waals surface area contributed by atoms with Gasteiger partial charge in [0.25, 0.3) is 0 Å². The number of methoxy groups -OCH3 is 1. The van der Waals surface area contributed by atoms with E-state index in [0.29, 0.717) is 5.82 Å². The molecule has 13 heavy (non-hydrogen) atoms. The molecule has 1 rings (SSSR count). The van der Waals surface area contributed by atoms with E-state index in [1.807, 2.05) is 6.92 Å². The van der Waals surface area contributed by atoms with Crippen LogP contribution in [0.5, 0.6) is 0 Å². The van der Waals surface area contributed by atoms with Crippen LogP contribution in [0.2, 0.25) is 0 Å². The van der Waals surface area contributed by atoms with Crippen molar-refractivity contribution in [2.75, 3.05) is 7.11 Å². The van der Waals surface area contributed by atoms with Gasteiger partial charge in [0, 0.05) is 25.1 Å². The van der Waals surface area contributed by atoms with Crippen molar-refractivity contribution in [3.8, 4) is 0 Å². The summed E-state index contributed by atoms with van der Waals surface area (Å²) in [6, 6.07) is 0. The summed E-state index contributed by atoms with van der Waals surface area (Å²) in [6.07, 6.45) is 4.02. The Morgan fingerprint density at radius 1 is 1.46 bits per heavy atom. The molecule has 0 radical (unpaired) electrons. The topological polar surface area (TPSA) is 55.2 Å². The quantitative estimate of drug-likeness (QED) is 0.756. The maximum absolute atomic E-state index is 8.77. The van der Waals surface area contributed by atoms with E-state index < -0.39 is 0 Å². The number of hydrogen-bond donors (Lipinski definition) is 1. The number of aromatic nitrogens is 2. The summed E-state index contributed by atoms with van der Waals surface area (Å²) in [6.45, 7) is 1.99. The zero-order valence-electron chi connectivity index (χ0n) is 7.90. The minimum absolute atomic E-state index is 0.0238. The number of nitrogens with zero attached hydrogens (tertiary/aromatic N) is 2. The van der Waals surface area contributed by atoms with Crippen molar-refractivity contribution >= 4 is 0 Å². The van der Waals surface area contributed by atoms with Crippen molar-refractivity contribution in [2.24, 2.45) is 0 Å². The minimum Gasteiger partial charge on any atom is -0.392 e. The van der Waals surface area contributed by atoms with Gasteiger partial charge in [0.2, 0.25) is 0 Å². The van der Waals surface area contributed by atoms with Gasteiger partial charge >= 0.3 is 0 Å². The fourth-order valence-corrected chi connectivity index (χ4v) is 1.07. The molecule has 0 aliphatic rings. The first-order valence-corrected chi connectivity index (χ1v) is 4.26. The molecule has 0 fully saturated rings. The third-order valence-electron chi connectivity index (χ3n) is 1.85. The first kappa shape index (κ1) is 10.1. The first-order chi connectivity index (χ1) is 6.31. The number of ether oxygens (including phenoxy) is 1. The highest BCUT2D eigenvalue weighted by molar-refractivity contribution is 5.04. The van der Waals surface area contributed by atoms with Gasteiger partial charge < -0.3 is 9.84 Å². The van der Waals surface area contributed by atoms with Crippen molar-refractivity contribution < 1.29 is 9.84 Å². The molecule has 0 saturated carbocycles. The highest BCUT2D eigenvalue weighted by Gasteiger charge is 2.09. The number of rotatable bonds is 4. The van der Waals surface area contributed by atoms with E-state index in [2.05, 4.69) is 9.97 Å². The van der Waals surface area contributed by atoms with Gasteiger partial charge in [-0.05, 0) is 6.42 Å². The molecule has 0 aliphatic heterocycles. The monoisotopic (exact) mass is 182 g/mol. The molecule has 4 nitrogen and oxygen atoms in total. The summed E-state index contributed by atoms with van der Waals surface area (Å²) in [5, 5.41) is 8.77. The molecule has 0 aromatic carbocycles. The van der Waals surface area contributed by atoms with Crippen molar-refractivity contribution in [3.63, 3.8) is 0 Å². The lowest BCUT2D eigenvalue weighted by Crippen LogP contribution is -2.05. The molecular weight excluding hydrogens is 168 g/mol. The first-order valence-electron chi connectivity index (χ1n) is 4.26. The van der Waals surface area contributed by atoms with Gasteiger partial charge in [0.1, 0.15) is 6.10 Å². The second-order valence-electron chi connectivity index (χ2n) is 2.74. The molecule has 1 unspecified atom stereocenters. The maximum atomic E-state index is 8.77. The predicted octanol–water partition coefficient (Wildman–Crippen LogP) is 1.07. The van der Waals surface area contributed by atoms with Gasteiger partial charge in [-0.3, -0.25) is 0 Å². The standard InChI is InChI=1S/C9H14N2O2/c1-3-8(13-2)9-10-4-7(6-12)5-11-9/h4-5,8,12H,3,6H2,1-2H3. The lowest BCUT2D eigenvalue weighted by Gasteiger charge is -2.10. The smallest absolute Gasteiger partial charge is 0.157 e. The van der Waals surface area contributed by atoms with Crippen LogP contribution in [0.15, 0.2) is 12.4 Å². The molecule has 72 valence electrons. The van der Waals surface area contributed by atoms with E-state index >= 15 is 0 Å². The summed E-state index contributed by atoms with van der Waals surface area (Å²) in [5.41, 5.74) is 0.717. The number of aliphatic hydroxyl groups excluding tert-OH is 1. The Balaban J connectivity index is 2.78. The maximum Gasteiger partial charge on any atom is 0.157 e. The van der Waals surface area contributed by atoms with Crippen LogP contribution in [0.3, 0.4) is 0 Å². The second-order valence-corrected chi connectivity index (χ2v) is 2.74. The molecule has 1 N–H and O–H groups in total. The highest BCUT2D eigenvalue weighted by Crippen LogP contribution is 2.14. The fraction of sp³-hybridized carbons (Fsp3) is 0.556. The van der Waals surface area contributed by atoms with Gasteiger partial charge in [0.05, 0.1) is 6.61 Å². The zero-order chi connectivity index (χ0) is 9.68. The van der Waals surface area contributed by atoms with E-state index in [9.17, 15) is 0 Å². The number of aliphatic hydroxyl groups is 1. The predicted molar refractivity (Wildman–Crippen MR) is 48.0 cm³/mol. The van der Waals surface area contributed by atoms with Crippen LogP contribution < -0.4 is 0 Å². The van der Waals surface area contributed by atoms with Crippen LogP contribution in [0.4, 0.5) is 0 Å². The molecule has 1 atom stereocenters. The zero-order valence-corrected chi connectivity index (χ0v) is 7.90. The van der Waals surface area contributed by atoms with Gasteiger partial charge in [-0.15, -0.1) is 0 Å². The van der Waals surface area contributed by atoms with Crippen LogP contribution in [-0.4, -0.2) is 22.2 Å². The molecule has 0 aliphatic carbocycles. The summed E-state index contributed by atoms with van der Waals surface area (Å²) < 4.78 is 5.17. The average Bonchev–Trinajstić information content (AvgIpc) is 2.21. The van der Waals surface area contributed by atoms with Crippen LogP contribution in [0.1, 0.15) is 30.8 Å². The highest BCUT2D eigenvalue weighted by atomic mass is 16.5. The molecule has 1 aromatic rings. The molecular formula is C9H14N2O2. The van der Waals surface area contributed by atoms with Crippen molar-refractivity contribution in [1.82, 2.24) is 9.97 Å². The van der Waals surface area contributed by atoms with Gasteiger partial charge in [-0.25, -0.2) is 9.97 Å². The fourth-order valence-electron chi connectivity index (χ4n) is 1.07. The Bertz CT molecular complexity index is 244. The molecule has 0 bridgehead atoms. The van der Waals surface area contributed by atoms with Gasteiger partial charge in [-0.1, -0.05) is 6.92 Å². The van der Waals surface area contributed by atoms with E-state index in [4.69, 9.17) is 9.84 Å². The summed E-state index contributed by atoms with van der Waals surface area (Å²) >= 11 is 0. The van der Waals surface area contributed by atoms with E-state index in [1.54, 1.807) is 19.5 Å². The van der Waals surface area contributed by atoms with Crippen LogP contribution in [0.25, 0.3) is 0 Å².